The monoisotopic (exact) mass is 528 g/mol. The number of fused-ring (bicyclic) bond motifs is 1. The standard InChI is InChI=1S/C21H20O14S/c22-6-14-17(28)18(29)21(35-36(30,31)32)20(34-14)16-11(26)4-10(25)15-12(27)5-13(33-19(15)16)7-1-8(23)3-9(24)2-7/h1-5,14,17-18,20-26,28-29H,6H2,(H,30,31,32)/t14-,17-,18+,20+,21+/m1/s1. The maximum atomic E-state index is 12.9. The Morgan fingerprint density at radius 3 is 2.14 bits per heavy atom. The van der Waals surface area contributed by atoms with Gasteiger partial charge in [-0.05, 0) is 12.1 Å². The van der Waals surface area contributed by atoms with Gasteiger partial charge in [-0.25, -0.2) is 4.18 Å². The SMILES string of the molecule is O=c1cc(-c2cc(O)cc(O)c2)oc2c([C@@H]3O[C@H](CO)[C@@H](O)[C@H](O)[C@@H]3OS(=O)(=O)O)c(O)cc(O)c12. The van der Waals surface area contributed by atoms with Crippen LogP contribution in [0.5, 0.6) is 23.0 Å². The molecule has 0 unspecified atom stereocenters. The molecule has 3 aromatic rings. The molecular formula is C21H20O14S. The Kier molecular flexibility index (Phi) is 6.56. The van der Waals surface area contributed by atoms with Gasteiger partial charge in [0.2, 0.25) is 0 Å². The summed E-state index contributed by atoms with van der Waals surface area (Å²) in [6.07, 6.45) is -9.59. The van der Waals surface area contributed by atoms with E-state index >= 15 is 0 Å². The summed E-state index contributed by atoms with van der Waals surface area (Å²) in [5, 5.41) is 70.2. The third-order valence-electron chi connectivity index (χ3n) is 5.57. The highest BCUT2D eigenvalue weighted by Gasteiger charge is 2.49. The number of phenolic OH excluding ortho intramolecular Hbond substituents is 4. The van der Waals surface area contributed by atoms with Gasteiger partial charge >= 0.3 is 10.4 Å². The molecule has 1 fully saturated rings. The fourth-order valence-electron chi connectivity index (χ4n) is 4.05. The summed E-state index contributed by atoms with van der Waals surface area (Å²) in [5.74, 6) is -2.67. The summed E-state index contributed by atoms with van der Waals surface area (Å²) in [7, 11) is -5.28. The van der Waals surface area contributed by atoms with Gasteiger partial charge in [0.25, 0.3) is 0 Å². The van der Waals surface area contributed by atoms with Crippen LogP contribution in [0.25, 0.3) is 22.3 Å². The number of aliphatic hydroxyl groups excluding tert-OH is 3. The minimum atomic E-state index is -5.28. The fourth-order valence-corrected chi connectivity index (χ4v) is 4.54. The van der Waals surface area contributed by atoms with E-state index in [9.17, 15) is 53.5 Å². The van der Waals surface area contributed by atoms with Crippen molar-refractivity contribution in [2.75, 3.05) is 6.61 Å². The minimum Gasteiger partial charge on any atom is -0.508 e. The van der Waals surface area contributed by atoms with E-state index in [1.165, 1.54) is 0 Å². The van der Waals surface area contributed by atoms with Crippen LogP contribution in [0, 0.1) is 0 Å². The summed E-state index contributed by atoms with van der Waals surface area (Å²) >= 11 is 0. The molecule has 1 aliphatic rings. The average Bonchev–Trinajstić information content (AvgIpc) is 2.76. The smallest absolute Gasteiger partial charge is 0.397 e. The Bertz CT molecular complexity index is 1460. The van der Waals surface area contributed by atoms with Gasteiger partial charge in [-0.1, -0.05) is 0 Å². The highest BCUT2D eigenvalue weighted by atomic mass is 32.3. The number of aliphatic hydroxyl groups is 3. The first-order chi connectivity index (χ1) is 16.8. The third kappa shape index (κ3) is 4.68. The second kappa shape index (κ2) is 9.21. The van der Waals surface area contributed by atoms with Crippen molar-refractivity contribution in [1.82, 2.24) is 0 Å². The number of rotatable bonds is 5. The van der Waals surface area contributed by atoms with Crippen LogP contribution in [0.4, 0.5) is 0 Å². The lowest BCUT2D eigenvalue weighted by atomic mass is 9.89. The van der Waals surface area contributed by atoms with Crippen molar-refractivity contribution in [1.29, 1.82) is 0 Å². The quantitative estimate of drug-likeness (QED) is 0.197. The van der Waals surface area contributed by atoms with Gasteiger partial charge in [0.05, 0.1) is 12.2 Å². The lowest BCUT2D eigenvalue weighted by Crippen LogP contribution is -2.56. The van der Waals surface area contributed by atoms with Crippen LogP contribution in [-0.4, -0.2) is 79.7 Å². The van der Waals surface area contributed by atoms with Crippen molar-refractivity contribution in [3.05, 3.63) is 46.1 Å². The van der Waals surface area contributed by atoms with Crippen molar-refractivity contribution >= 4 is 21.4 Å². The lowest BCUT2D eigenvalue weighted by Gasteiger charge is -2.41. The molecule has 1 saturated heterocycles. The summed E-state index contributed by atoms with van der Waals surface area (Å²) in [6, 6.07) is 4.85. The lowest BCUT2D eigenvalue weighted by molar-refractivity contribution is -0.225. The molecule has 0 aliphatic carbocycles. The number of ether oxygens (including phenoxy) is 1. The summed E-state index contributed by atoms with van der Waals surface area (Å²) in [5.41, 5.74) is -2.04. The molecule has 5 atom stereocenters. The van der Waals surface area contributed by atoms with Crippen LogP contribution in [0.3, 0.4) is 0 Å². The van der Waals surface area contributed by atoms with Gasteiger partial charge in [-0.15, -0.1) is 0 Å². The highest BCUT2D eigenvalue weighted by Crippen LogP contribution is 2.45. The van der Waals surface area contributed by atoms with Gasteiger partial charge in [0, 0.05) is 23.8 Å². The Morgan fingerprint density at radius 1 is 0.917 bits per heavy atom. The van der Waals surface area contributed by atoms with E-state index in [1.54, 1.807) is 0 Å². The normalized spacial score (nSPS) is 24.7. The fraction of sp³-hybridized carbons (Fsp3) is 0.286. The molecule has 1 aromatic heterocycles. The topological polar surface area (TPSA) is 245 Å². The van der Waals surface area contributed by atoms with Gasteiger partial charge in [-0.2, -0.15) is 8.42 Å². The predicted molar refractivity (Wildman–Crippen MR) is 118 cm³/mol. The molecule has 36 heavy (non-hydrogen) atoms. The van der Waals surface area contributed by atoms with E-state index in [0.717, 1.165) is 24.3 Å². The maximum absolute atomic E-state index is 12.9. The summed E-state index contributed by atoms with van der Waals surface area (Å²) < 4.78 is 47.8. The van der Waals surface area contributed by atoms with Crippen molar-refractivity contribution in [3.63, 3.8) is 0 Å². The van der Waals surface area contributed by atoms with E-state index in [2.05, 4.69) is 4.18 Å². The molecule has 0 bridgehead atoms. The number of hydrogen-bond donors (Lipinski definition) is 8. The van der Waals surface area contributed by atoms with Gasteiger partial charge in [-0.3, -0.25) is 9.35 Å². The van der Waals surface area contributed by atoms with Crippen LogP contribution in [0.1, 0.15) is 11.7 Å². The molecule has 0 radical (unpaired) electrons. The number of hydrogen-bond acceptors (Lipinski definition) is 13. The summed E-state index contributed by atoms with van der Waals surface area (Å²) in [6.45, 7) is -0.887. The first kappa shape index (κ1) is 25.6. The zero-order chi connectivity index (χ0) is 26.5. The van der Waals surface area contributed by atoms with E-state index in [1.807, 2.05) is 0 Å². The second-order valence-electron chi connectivity index (χ2n) is 7.99. The molecule has 0 saturated carbocycles. The van der Waals surface area contributed by atoms with Gasteiger partial charge < -0.3 is 44.9 Å². The van der Waals surface area contributed by atoms with Gasteiger partial charge in [0.15, 0.2) is 11.0 Å². The van der Waals surface area contributed by atoms with Crippen LogP contribution >= 0.6 is 0 Å². The first-order valence-corrected chi connectivity index (χ1v) is 11.5. The Hall–Kier alpha value is -3.44. The van der Waals surface area contributed by atoms with E-state index in [-0.39, 0.29) is 11.3 Å². The second-order valence-corrected chi connectivity index (χ2v) is 9.04. The Morgan fingerprint density at radius 2 is 1.56 bits per heavy atom. The number of benzene rings is 2. The first-order valence-electron chi connectivity index (χ1n) is 10.1. The molecule has 8 N–H and O–H groups in total. The van der Waals surface area contributed by atoms with E-state index in [0.29, 0.717) is 6.07 Å². The van der Waals surface area contributed by atoms with E-state index < -0.39 is 92.5 Å². The number of phenols is 4. The van der Waals surface area contributed by atoms with Crippen molar-refractivity contribution < 1.29 is 62.1 Å². The van der Waals surface area contributed by atoms with Gasteiger partial charge in [0.1, 0.15) is 64.7 Å². The highest BCUT2D eigenvalue weighted by molar-refractivity contribution is 7.80. The average molecular weight is 528 g/mol. The molecule has 4 rings (SSSR count). The van der Waals surface area contributed by atoms with Crippen molar-refractivity contribution in [2.45, 2.75) is 30.5 Å². The molecule has 2 aromatic carbocycles. The van der Waals surface area contributed by atoms with Crippen molar-refractivity contribution in [2.24, 2.45) is 0 Å². The number of aromatic hydroxyl groups is 4. The largest absolute Gasteiger partial charge is 0.508 e. The maximum Gasteiger partial charge on any atom is 0.397 e. The predicted octanol–water partition coefficient (Wildman–Crippen LogP) is -0.376. The zero-order valence-corrected chi connectivity index (χ0v) is 18.7. The Balaban J connectivity index is 2.02. The summed E-state index contributed by atoms with van der Waals surface area (Å²) in [4.78, 5) is 12.9. The van der Waals surface area contributed by atoms with E-state index in [4.69, 9.17) is 9.15 Å². The zero-order valence-electron chi connectivity index (χ0n) is 17.9. The van der Waals surface area contributed by atoms with Crippen LogP contribution < -0.4 is 5.43 Å². The molecular weight excluding hydrogens is 508 g/mol. The molecule has 0 amide bonds. The molecule has 2 heterocycles. The molecule has 14 nitrogen and oxygen atoms in total. The third-order valence-corrected chi connectivity index (χ3v) is 6.03. The van der Waals surface area contributed by atoms with Crippen LogP contribution in [-0.2, 0) is 19.3 Å². The molecule has 1 aliphatic heterocycles. The van der Waals surface area contributed by atoms with Crippen LogP contribution in [0.2, 0.25) is 0 Å². The molecule has 15 heteroatoms. The molecule has 0 spiro atoms. The van der Waals surface area contributed by atoms with Crippen LogP contribution in [0.15, 0.2) is 39.5 Å². The van der Waals surface area contributed by atoms with Crippen molar-refractivity contribution in [3.8, 4) is 34.3 Å². The Labute approximate surface area is 201 Å². The molecule has 194 valence electrons. The minimum absolute atomic E-state index is 0.0146.